The van der Waals surface area contributed by atoms with E-state index in [2.05, 4.69) is 10.1 Å². The van der Waals surface area contributed by atoms with Crippen LogP contribution in [-0.2, 0) is 17.8 Å². The number of ether oxygens (including phenoxy) is 1. The van der Waals surface area contributed by atoms with Crippen LogP contribution in [0.15, 0.2) is 23.0 Å². The van der Waals surface area contributed by atoms with Crippen molar-refractivity contribution in [1.29, 1.82) is 0 Å². The van der Waals surface area contributed by atoms with E-state index in [4.69, 9.17) is 16.3 Å². The lowest BCUT2D eigenvalue weighted by Gasteiger charge is -2.02. The number of aryl methyl sites for hydroxylation is 1. The van der Waals surface area contributed by atoms with Crippen LogP contribution in [0, 0.1) is 0 Å². The van der Waals surface area contributed by atoms with Crippen LogP contribution < -0.4 is 5.56 Å². The molecule has 22 heavy (non-hydrogen) atoms. The van der Waals surface area contributed by atoms with E-state index in [1.165, 1.54) is 21.9 Å². The summed E-state index contributed by atoms with van der Waals surface area (Å²) < 4.78 is 6.92. The minimum atomic E-state index is -0.488. The number of fused-ring (bicyclic) bond motifs is 1. The molecule has 3 rings (SSSR count). The van der Waals surface area contributed by atoms with Gasteiger partial charge in [-0.3, -0.25) is 4.79 Å². The van der Waals surface area contributed by atoms with Gasteiger partial charge in [-0.05, 0) is 18.6 Å². The van der Waals surface area contributed by atoms with Gasteiger partial charge in [0, 0.05) is 6.07 Å². The van der Waals surface area contributed by atoms with Crippen molar-refractivity contribution in [3.05, 3.63) is 48.5 Å². The Morgan fingerprint density at radius 2 is 2.23 bits per heavy atom. The molecule has 0 aliphatic carbocycles. The lowest BCUT2D eigenvalue weighted by atomic mass is 10.4. The summed E-state index contributed by atoms with van der Waals surface area (Å²) in [5.74, 6) is -0.488. The highest BCUT2D eigenvalue weighted by Crippen LogP contribution is 2.22. The van der Waals surface area contributed by atoms with E-state index in [9.17, 15) is 9.59 Å². The number of aromatic nitrogens is 3. The third-order valence-electron chi connectivity index (χ3n) is 2.77. The maximum absolute atomic E-state index is 12.0. The van der Waals surface area contributed by atoms with Crippen molar-refractivity contribution >= 4 is 45.2 Å². The van der Waals surface area contributed by atoms with Gasteiger partial charge in [-0.2, -0.15) is 9.61 Å². The van der Waals surface area contributed by atoms with Gasteiger partial charge in [0.1, 0.15) is 16.5 Å². The summed E-state index contributed by atoms with van der Waals surface area (Å²) in [6.45, 7) is 1.89. The first-order chi connectivity index (χ1) is 10.6. The zero-order chi connectivity index (χ0) is 15.7. The van der Waals surface area contributed by atoms with Gasteiger partial charge >= 0.3 is 5.97 Å². The fraction of sp³-hybridized carbons (Fsp3) is 0.231. The molecule has 0 fully saturated rings. The molecule has 3 aromatic heterocycles. The van der Waals surface area contributed by atoms with Crippen LogP contribution in [0.3, 0.4) is 0 Å². The van der Waals surface area contributed by atoms with Crippen LogP contribution in [0.4, 0.5) is 0 Å². The first-order valence-corrected chi connectivity index (χ1v) is 8.39. The quantitative estimate of drug-likeness (QED) is 0.673. The summed E-state index contributed by atoms with van der Waals surface area (Å²) in [4.78, 5) is 29.0. The second kappa shape index (κ2) is 6.15. The van der Waals surface area contributed by atoms with Crippen molar-refractivity contribution < 1.29 is 9.53 Å². The van der Waals surface area contributed by atoms with E-state index < -0.39 is 5.97 Å². The molecular formula is C13H10ClN3O3S2. The van der Waals surface area contributed by atoms with Crippen LogP contribution in [0.25, 0.3) is 4.96 Å². The van der Waals surface area contributed by atoms with Crippen molar-refractivity contribution in [1.82, 2.24) is 14.6 Å². The molecule has 0 saturated heterocycles. The summed E-state index contributed by atoms with van der Waals surface area (Å²) in [7, 11) is 0. The van der Waals surface area contributed by atoms with E-state index in [1.807, 2.05) is 6.92 Å². The maximum Gasteiger partial charge on any atom is 0.348 e. The Morgan fingerprint density at radius 3 is 2.91 bits per heavy atom. The molecule has 0 atom stereocenters. The molecule has 9 heteroatoms. The van der Waals surface area contributed by atoms with Crippen molar-refractivity contribution in [3.8, 4) is 0 Å². The molecule has 6 nitrogen and oxygen atoms in total. The molecule has 114 valence electrons. The molecular weight excluding hydrogens is 346 g/mol. The predicted molar refractivity (Wildman–Crippen MR) is 85.0 cm³/mol. The van der Waals surface area contributed by atoms with Gasteiger partial charge in [-0.1, -0.05) is 29.9 Å². The molecule has 3 heterocycles. The number of rotatable bonds is 4. The Hall–Kier alpha value is -1.77. The summed E-state index contributed by atoms with van der Waals surface area (Å²) in [5, 5.41) is 4.98. The number of esters is 1. The van der Waals surface area contributed by atoms with Crippen molar-refractivity contribution in [2.24, 2.45) is 0 Å². The SMILES string of the molecule is CCc1nn2c(=O)cc(COC(=O)c3ccc(Cl)s3)nc2s1. The topological polar surface area (TPSA) is 73.6 Å². The average molecular weight is 356 g/mol. The van der Waals surface area contributed by atoms with Gasteiger partial charge in [0.2, 0.25) is 4.96 Å². The highest BCUT2D eigenvalue weighted by Gasteiger charge is 2.12. The number of nitrogens with zero attached hydrogens (tertiary/aromatic N) is 3. The van der Waals surface area contributed by atoms with Gasteiger partial charge in [-0.15, -0.1) is 11.3 Å². The highest BCUT2D eigenvalue weighted by molar-refractivity contribution is 7.18. The Labute approximate surface area is 138 Å². The van der Waals surface area contributed by atoms with Crippen LogP contribution in [0.2, 0.25) is 4.34 Å². The molecule has 0 unspecified atom stereocenters. The minimum absolute atomic E-state index is 0.0700. The molecule has 0 aliphatic heterocycles. The zero-order valence-electron chi connectivity index (χ0n) is 11.4. The van der Waals surface area contributed by atoms with Crippen molar-refractivity contribution in [3.63, 3.8) is 0 Å². The first kappa shape index (κ1) is 15.1. The molecule has 0 N–H and O–H groups in total. The third-order valence-corrected chi connectivity index (χ3v) is 5.03. The number of hydrogen-bond acceptors (Lipinski definition) is 7. The maximum atomic E-state index is 12.0. The van der Waals surface area contributed by atoms with E-state index in [0.29, 0.717) is 19.9 Å². The van der Waals surface area contributed by atoms with Crippen LogP contribution in [-0.4, -0.2) is 20.6 Å². The summed E-state index contributed by atoms with van der Waals surface area (Å²) in [6.07, 6.45) is 0.733. The van der Waals surface area contributed by atoms with E-state index in [1.54, 1.807) is 12.1 Å². The second-order valence-corrected chi connectivity index (χ2v) is 7.06. The van der Waals surface area contributed by atoms with E-state index >= 15 is 0 Å². The number of thiophene rings is 1. The Kier molecular flexibility index (Phi) is 4.23. The molecule has 0 radical (unpaired) electrons. The van der Waals surface area contributed by atoms with Gasteiger partial charge in [-0.25, -0.2) is 9.78 Å². The van der Waals surface area contributed by atoms with Crippen LogP contribution in [0.5, 0.6) is 0 Å². The van der Waals surface area contributed by atoms with Crippen molar-refractivity contribution in [2.75, 3.05) is 0 Å². The molecule has 0 saturated carbocycles. The molecule has 0 aromatic carbocycles. The average Bonchev–Trinajstić information content (AvgIpc) is 3.11. The zero-order valence-corrected chi connectivity index (χ0v) is 13.8. The molecule has 0 bridgehead atoms. The summed E-state index contributed by atoms with van der Waals surface area (Å²) >= 11 is 8.26. The third kappa shape index (κ3) is 3.03. The fourth-order valence-electron chi connectivity index (χ4n) is 1.75. The van der Waals surface area contributed by atoms with Gasteiger partial charge in [0.25, 0.3) is 5.56 Å². The largest absolute Gasteiger partial charge is 0.455 e. The smallest absolute Gasteiger partial charge is 0.348 e. The lowest BCUT2D eigenvalue weighted by Crippen LogP contribution is -2.16. The van der Waals surface area contributed by atoms with Crippen molar-refractivity contribution in [2.45, 2.75) is 20.0 Å². The van der Waals surface area contributed by atoms with Crippen LogP contribution >= 0.6 is 34.3 Å². The molecule has 3 aromatic rings. The minimum Gasteiger partial charge on any atom is -0.455 e. The Morgan fingerprint density at radius 1 is 1.41 bits per heavy atom. The van der Waals surface area contributed by atoms with Gasteiger partial charge in [0.15, 0.2) is 0 Å². The molecule has 0 amide bonds. The van der Waals surface area contributed by atoms with Gasteiger partial charge in [0.05, 0.1) is 10.0 Å². The van der Waals surface area contributed by atoms with E-state index in [0.717, 1.165) is 22.8 Å². The fourth-order valence-corrected chi connectivity index (χ4v) is 3.54. The predicted octanol–water partition coefficient (Wildman–Crippen LogP) is 2.79. The van der Waals surface area contributed by atoms with Crippen LogP contribution in [0.1, 0.15) is 27.3 Å². The van der Waals surface area contributed by atoms with E-state index in [-0.39, 0.29) is 12.2 Å². The van der Waals surface area contributed by atoms with Gasteiger partial charge < -0.3 is 4.74 Å². The molecule has 0 aliphatic rings. The number of carbonyl (C=O) groups excluding carboxylic acids is 1. The summed E-state index contributed by atoms with van der Waals surface area (Å²) in [5.41, 5.74) is 0.110. The number of carbonyl (C=O) groups is 1. The molecule has 0 spiro atoms. The highest BCUT2D eigenvalue weighted by atomic mass is 35.5. The second-order valence-electron chi connectivity index (χ2n) is 4.31. The Balaban J connectivity index is 1.79. The monoisotopic (exact) mass is 355 g/mol. The standard InChI is InChI=1S/C13H10ClN3O3S2/c1-2-10-16-17-11(18)5-7(15-13(17)22-10)6-20-12(19)8-3-4-9(14)21-8/h3-5H,2,6H2,1H3. The lowest BCUT2D eigenvalue weighted by molar-refractivity contribution is 0.0473. The number of halogens is 1. The Bertz CT molecular complexity index is 899. The summed E-state index contributed by atoms with van der Waals surface area (Å²) in [6, 6.07) is 4.54. The number of hydrogen-bond donors (Lipinski definition) is 0. The normalized spacial score (nSPS) is 11.0. The first-order valence-electron chi connectivity index (χ1n) is 6.38.